The Bertz CT molecular complexity index is 891. The largest absolute Gasteiger partial charge is 0.384 e. The Morgan fingerprint density at radius 1 is 1.26 bits per heavy atom. The number of amides is 1. The number of nitrogen functional groups attached to an aromatic ring is 1. The van der Waals surface area contributed by atoms with Crippen LogP contribution in [0.15, 0.2) is 24.3 Å². The van der Waals surface area contributed by atoms with Crippen molar-refractivity contribution in [2.45, 2.75) is 19.8 Å². The predicted octanol–water partition coefficient (Wildman–Crippen LogP) is 2.58. The molecule has 3 aromatic rings. The lowest BCUT2D eigenvalue weighted by atomic mass is 10.2. The van der Waals surface area contributed by atoms with E-state index in [9.17, 15) is 4.79 Å². The van der Waals surface area contributed by atoms with E-state index in [0.717, 1.165) is 30.8 Å². The normalized spacial score (nSPS) is 14.7. The van der Waals surface area contributed by atoms with Gasteiger partial charge in [0.25, 0.3) is 5.91 Å². The average Bonchev–Trinajstić information content (AvgIpc) is 3.25. The van der Waals surface area contributed by atoms with Gasteiger partial charge in [-0.05, 0) is 44.0 Å². The minimum Gasteiger partial charge on any atom is -0.384 e. The molecule has 1 amide bonds. The third kappa shape index (κ3) is 2.46. The van der Waals surface area contributed by atoms with E-state index in [4.69, 9.17) is 5.73 Å². The smallest absolute Gasteiger partial charge is 0.254 e. The Labute approximate surface area is 137 Å². The first-order chi connectivity index (χ1) is 11.1. The van der Waals surface area contributed by atoms with Gasteiger partial charge in [0, 0.05) is 23.5 Å². The van der Waals surface area contributed by atoms with Crippen LogP contribution in [0.1, 0.15) is 28.1 Å². The minimum absolute atomic E-state index is 0.0215. The van der Waals surface area contributed by atoms with Gasteiger partial charge in [-0.1, -0.05) is 0 Å². The van der Waals surface area contributed by atoms with E-state index in [1.165, 1.54) is 4.88 Å². The highest BCUT2D eigenvalue weighted by Crippen LogP contribution is 2.26. The summed E-state index contributed by atoms with van der Waals surface area (Å²) in [5, 5.41) is 4.46. The number of likely N-dealkylation sites (tertiary alicyclic amines) is 1. The van der Waals surface area contributed by atoms with Crippen molar-refractivity contribution < 1.29 is 4.79 Å². The monoisotopic (exact) mass is 327 g/mol. The lowest BCUT2D eigenvalue weighted by Gasteiger charge is -2.15. The van der Waals surface area contributed by atoms with Crippen LogP contribution in [-0.4, -0.2) is 38.5 Å². The summed E-state index contributed by atoms with van der Waals surface area (Å²) in [7, 11) is 0. The molecule has 7 heteroatoms. The zero-order chi connectivity index (χ0) is 16.0. The van der Waals surface area contributed by atoms with Gasteiger partial charge >= 0.3 is 0 Å². The van der Waals surface area contributed by atoms with Crippen LogP contribution in [-0.2, 0) is 0 Å². The summed E-state index contributed by atoms with van der Waals surface area (Å²) in [6.07, 6.45) is 2.13. The summed E-state index contributed by atoms with van der Waals surface area (Å²) in [5.74, 6) is 1.09. The van der Waals surface area contributed by atoms with Crippen LogP contribution in [0.25, 0.3) is 16.3 Å². The number of pyridine rings is 1. The molecule has 4 heterocycles. The van der Waals surface area contributed by atoms with Crippen molar-refractivity contribution in [3.05, 3.63) is 34.7 Å². The molecule has 4 rings (SSSR count). The lowest BCUT2D eigenvalue weighted by molar-refractivity contribution is 0.0793. The fourth-order valence-corrected chi connectivity index (χ4v) is 3.69. The molecule has 1 saturated heterocycles. The number of aryl methyl sites for hydroxylation is 1. The van der Waals surface area contributed by atoms with Crippen LogP contribution in [0, 0.1) is 6.92 Å². The van der Waals surface area contributed by atoms with Crippen LogP contribution >= 0.6 is 11.3 Å². The second kappa shape index (κ2) is 5.34. The van der Waals surface area contributed by atoms with Crippen molar-refractivity contribution in [2.24, 2.45) is 0 Å². The van der Waals surface area contributed by atoms with Gasteiger partial charge in [0.2, 0.25) is 0 Å². The molecule has 1 fully saturated rings. The highest BCUT2D eigenvalue weighted by Gasteiger charge is 2.21. The number of nitrogens with two attached hydrogens (primary N) is 1. The van der Waals surface area contributed by atoms with Crippen molar-refractivity contribution in [3.63, 3.8) is 0 Å². The van der Waals surface area contributed by atoms with Gasteiger partial charge in [0.05, 0.1) is 4.88 Å². The minimum atomic E-state index is 0.0215. The second-order valence-electron chi connectivity index (χ2n) is 5.78. The summed E-state index contributed by atoms with van der Waals surface area (Å²) in [6.45, 7) is 3.68. The molecule has 23 heavy (non-hydrogen) atoms. The van der Waals surface area contributed by atoms with E-state index in [1.807, 2.05) is 24.0 Å². The number of aromatic nitrogens is 3. The van der Waals surface area contributed by atoms with Crippen LogP contribution in [0.4, 0.5) is 5.82 Å². The second-order valence-corrected chi connectivity index (χ2v) is 7.07. The van der Waals surface area contributed by atoms with Crippen molar-refractivity contribution in [1.82, 2.24) is 19.5 Å². The first kappa shape index (κ1) is 14.2. The van der Waals surface area contributed by atoms with Gasteiger partial charge in [-0.2, -0.15) is 4.52 Å². The van der Waals surface area contributed by atoms with Gasteiger partial charge in [-0.15, -0.1) is 16.4 Å². The molecule has 118 valence electrons. The predicted molar refractivity (Wildman–Crippen MR) is 90.6 cm³/mol. The number of anilines is 1. The fraction of sp³-hybridized carbons (Fsp3) is 0.312. The maximum absolute atomic E-state index is 12.5. The summed E-state index contributed by atoms with van der Waals surface area (Å²) in [4.78, 5) is 21.1. The molecule has 0 aromatic carbocycles. The molecule has 6 nitrogen and oxygen atoms in total. The van der Waals surface area contributed by atoms with E-state index in [0.29, 0.717) is 22.9 Å². The van der Waals surface area contributed by atoms with Gasteiger partial charge in [0.15, 0.2) is 11.5 Å². The summed E-state index contributed by atoms with van der Waals surface area (Å²) in [6, 6.07) is 7.50. The molecule has 0 atom stereocenters. The van der Waals surface area contributed by atoms with Crippen LogP contribution in [0.2, 0.25) is 0 Å². The average molecular weight is 327 g/mol. The Morgan fingerprint density at radius 2 is 2.04 bits per heavy atom. The molecule has 1 aliphatic heterocycles. The molecule has 0 unspecified atom stereocenters. The van der Waals surface area contributed by atoms with Crippen molar-refractivity contribution in [3.8, 4) is 10.7 Å². The maximum atomic E-state index is 12.5. The summed E-state index contributed by atoms with van der Waals surface area (Å²) < 4.78 is 1.59. The summed E-state index contributed by atoms with van der Waals surface area (Å²) in [5.41, 5.74) is 7.27. The molecular weight excluding hydrogens is 310 g/mol. The van der Waals surface area contributed by atoms with Crippen LogP contribution in [0.5, 0.6) is 0 Å². The third-order valence-corrected chi connectivity index (χ3v) is 5.06. The first-order valence-electron chi connectivity index (χ1n) is 7.64. The van der Waals surface area contributed by atoms with Gasteiger partial charge in [-0.25, -0.2) is 4.98 Å². The van der Waals surface area contributed by atoms with Gasteiger partial charge < -0.3 is 10.6 Å². The molecule has 0 aliphatic carbocycles. The molecule has 0 saturated carbocycles. The number of carbonyl (C=O) groups is 1. The molecule has 2 N–H and O–H groups in total. The number of thiophene rings is 1. The Kier molecular flexibility index (Phi) is 3.30. The number of rotatable bonds is 2. The Balaban J connectivity index is 1.76. The van der Waals surface area contributed by atoms with E-state index >= 15 is 0 Å². The third-order valence-electron chi connectivity index (χ3n) is 4.07. The first-order valence-corrected chi connectivity index (χ1v) is 8.46. The number of carbonyl (C=O) groups excluding carboxylic acids is 1. The zero-order valence-corrected chi connectivity index (χ0v) is 13.6. The molecule has 0 spiro atoms. The van der Waals surface area contributed by atoms with E-state index in [-0.39, 0.29) is 5.91 Å². The fourth-order valence-electron chi connectivity index (χ4n) is 2.89. The molecule has 3 aromatic heterocycles. The van der Waals surface area contributed by atoms with Gasteiger partial charge in [0.1, 0.15) is 5.82 Å². The Hall–Kier alpha value is -2.41. The number of hydrogen-bond donors (Lipinski definition) is 1. The lowest BCUT2D eigenvalue weighted by Crippen LogP contribution is -2.27. The SMILES string of the molecule is Cc1ccc(-c2nc3cc(C(=O)N4CCCC4)cc(N)n3n2)s1. The highest BCUT2D eigenvalue weighted by atomic mass is 32.1. The van der Waals surface area contributed by atoms with Crippen LogP contribution in [0.3, 0.4) is 0 Å². The van der Waals surface area contributed by atoms with Crippen molar-refractivity contribution >= 4 is 28.7 Å². The topological polar surface area (TPSA) is 76.5 Å². The molecule has 0 radical (unpaired) electrons. The highest BCUT2D eigenvalue weighted by molar-refractivity contribution is 7.15. The standard InChI is InChI=1S/C16H17N5OS/c1-10-4-5-12(23-10)15-18-14-9-11(8-13(17)21(14)19-15)16(22)20-6-2-3-7-20/h4-5,8-9H,2-3,6-7,17H2,1H3. The summed E-state index contributed by atoms with van der Waals surface area (Å²) >= 11 is 1.64. The number of nitrogens with zero attached hydrogens (tertiary/aromatic N) is 4. The maximum Gasteiger partial charge on any atom is 0.254 e. The number of fused-ring (bicyclic) bond motifs is 1. The molecule has 0 bridgehead atoms. The Morgan fingerprint density at radius 3 is 2.74 bits per heavy atom. The number of hydrogen-bond acceptors (Lipinski definition) is 5. The van der Waals surface area contributed by atoms with E-state index in [1.54, 1.807) is 28.0 Å². The van der Waals surface area contributed by atoms with E-state index in [2.05, 4.69) is 10.1 Å². The molecular formula is C16H17N5OS. The van der Waals surface area contributed by atoms with Crippen molar-refractivity contribution in [1.29, 1.82) is 0 Å². The van der Waals surface area contributed by atoms with Crippen molar-refractivity contribution in [2.75, 3.05) is 18.8 Å². The van der Waals surface area contributed by atoms with E-state index < -0.39 is 0 Å². The molecule has 1 aliphatic rings. The van der Waals surface area contributed by atoms with Crippen LogP contribution < -0.4 is 5.73 Å². The zero-order valence-electron chi connectivity index (χ0n) is 12.8. The van der Waals surface area contributed by atoms with Gasteiger partial charge in [-0.3, -0.25) is 4.79 Å². The quantitative estimate of drug-likeness (QED) is 0.785.